The van der Waals surface area contributed by atoms with Gasteiger partial charge in [-0.05, 0) is 35.2 Å². The first kappa shape index (κ1) is 19.8. The van der Waals surface area contributed by atoms with Crippen molar-refractivity contribution in [3.05, 3.63) is 59.7 Å². The molecule has 29 heavy (non-hydrogen) atoms. The van der Waals surface area contributed by atoms with Crippen molar-refractivity contribution in [2.45, 2.75) is 37.0 Å². The number of ether oxygens (including phenoxy) is 1. The molecule has 2 aliphatic rings. The number of halogens is 4. The van der Waals surface area contributed by atoms with Crippen molar-refractivity contribution in [1.82, 2.24) is 4.90 Å². The molecule has 2 saturated heterocycles. The topological polar surface area (TPSA) is 55.6 Å². The van der Waals surface area contributed by atoms with E-state index >= 15 is 0 Å². The van der Waals surface area contributed by atoms with Crippen LogP contribution in [-0.4, -0.2) is 48.1 Å². The Morgan fingerprint density at radius 2 is 1.83 bits per heavy atom. The van der Waals surface area contributed by atoms with Gasteiger partial charge in [0, 0.05) is 12.5 Å². The Morgan fingerprint density at radius 3 is 2.45 bits per heavy atom. The number of rotatable bonds is 4. The first-order valence-corrected chi connectivity index (χ1v) is 9.35. The second-order valence-corrected chi connectivity index (χ2v) is 7.53. The SMILES string of the molecule is N[C@@H]1[C@H](Cc2cccc(-c3cc(F)cc(F)c3)c2)N(C(=O)C2CCO2)CC1(F)F. The number of likely N-dealkylation sites (tertiary alicyclic amines) is 1. The fraction of sp³-hybridized carbons (Fsp3) is 0.381. The fourth-order valence-electron chi connectivity index (χ4n) is 3.86. The van der Waals surface area contributed by atoms with Crippen molar-refractivity contribution in [1.29, 1.82) is 0 Å². The molecule has 154 valence electrons. The molecular formula is C21H20F4N2O2. The first-order valence-electron chi connectivity index (χ1n) is 9.35. The van der Waals surface area contributed by atoms with Crippen LogP contribution in [0.5, 0.6) is 0 Å². The van der Waals surface area contributed by atoms with Crippen LogP contribution in [0.4, 0.5) is 17.6 Å². The molecule has 2 N–H and O–H groups in total. The largest absolute Gasteiger partial charge is 0.368 e. The van der Waals surface area contributed by atoms with E-state index in [1.54, 1.807) is 24.3 Å². The molecule has 0 bridgehead atoms. The number of carbonyl (C=O) groups excluding carboxylic acids is 1. The van der Waals surface area contributed by atoms with E-state index < -0.39 is 48.2 Å². The molecule has 0 aromatic heterocycles. The van der Waals surface area contributed by atoms with Gasteiger partial charge in [0.15, 0.2) is 0 Å². The van der Waals surface area contributed by atoms with Crippen molar-refractivity contribution < 1.29 is 27.1 Å². The lowest BCUT2D eigenvalue weighted by atomic mass is 9.96. The normalized spacial score (nSPS) is 25.7. The molecule has 2 aromatic carbocycles. The number of benzene rings is 2. The number of hydrogen-bond acceptors (Lipinski definition) is 3. The molecule has 0 saturated carbocycles. The van der Waals surface area contributed by atoms with E-state index in [0.717, 1.165) is 11.0 Å². The quantitative estimate of drug-likeness (QED) is 0.791. The zero-order valence-corrected chi connectivity index (χ0v) is 15.5. The van der Waals surface area contributed by atoms with E-state index in [9.17, 15) is 22.4 Å². The van der Waals surface area contributed by atoms with Crippen LogP contribution >= 0.6 is 0 Å². The number of alkyl halides is 2. The molecule has 4 rings (SSSR count). The summed E-state index contributed by atoms with van der Waals surface area (Å²) >= 11 is 0. The lowest BCUT2D eigenvalue weighted by Gasteiger charge is -2.33. The highest BCUT2D eigenvalue weighted by molar-refractivity contribution is 5.82. The van der Waals surface area contributed by atoms with Gasteiger partial charge < -0.3 is 15.4 Å². The Hall–Kier alpha value is -2.45. The monoisotopic (exact) mass is 408 g/mol. The summed E-state index contributed by atoms with van der Waals surface area (Å²) < 4.78 is 60.8. The highest BCUT2D eigenvalue weighted by atomic mass is 19.3. The van der Waals surface area contributed by atoms with E-state index in [2.05, 4.69) is 0 Å². The van der Waals surface area contributed by atoms with Gasteiger partial charge in [0.2, 0.25) is 0 Å². The summed E-state index contributed by atoms with van der Waals surface area (Å²) in [5, 5.41) is 0. The van der Waals surface area contributed by atoms with Crippen LogP contribution in [0.25, 0.3) is 11.1 Å². The Balaban J connectivity index is 1.60. The van der Waals surface area contributed by atoms with Gasteiger partial charge in [0.25, 0.3) is 11.8 Å². The summed E-state index contributed by atoms with van der Waals surface area (Å²) in [4.78, 5) is 13.7. The summed E-state index contributed by atoms with van der Waals surface area (Å²) in [6.07, 6.45) is -0.0927. The van der Waals surface area contributed by atoms with Gasteiger partial charge >= 0.3 is 0 Å². The average Bonchev–Trinajstić information content (AvgIpc) is 2.83. The van der Waals surface area contributed by atoms with E-state index in [1.807, 2.05) is 0 Å². The minimum atomic E-state index is -3.20. The van der Waals surface area contributed by atoms with E-state index in [-0.39, 0.29) is 6.42 Å². The Kier molecular flexibility index (Phi) is 5.08. The maximum atomic E-state index is 14.3. The second-order valence-electron chi connectivity index (χ2n) is 7.53. The minimum absolute atomic E-state index is 0.0981. The minimum Gasteiger partial charge on any atom is -0.368 e. The Morgan fingerprint density at radius 1 is 1.14 bits per heavy atom. The molecule has 1 unspecified atom stereocenters. The van der Waals surface area contributed by atoms with Gasteiger partial charge in [-0.3, -0.25) is 4.79 Å². The molecule has 0 aliphatic carbocycles. The van der Waals surface area contributed by atoms with Crippen molar-refractivity contribution >= 4 is 5.91 Å². The lowest BCUT2D eigenvalue weighted by Crippen LogP contribution is -2.51. The molecule has 2 aliphatic heterocycles. The Bertz CT molecular complexity index is 912. The maximum Gasteiger partial charge on any atom is 0.282 e. The van der Waals surface area contributed by atoms with Gasteiger partial charge in [-0.2, -0.15) is 0 Å². The van der Waals surface area contributed by atoms with Gasteiger partial charge in [0.05, 0.1) is 25.2 Å². The third-order valence-corrected chi connectivity index (χ3v) is 5.51. The molecule has 4 nitrogen and oxygen atoms in total. The molecule has 3 atom stereocenters. The molecule has 0 radical (unpaired) electrons. The van der Waals surface area contributed by atoms with Crippen LogP contribution in [0.15, 0.2) is 42.5 Å². The van der Waals surface area contributed by atoms with E-state index in [4.69, 9.17) is 10.5 Å². The smallest absolute Gasteiger partial charge is 0.282 e. The number of nitrogens with zero attached hydrogens (tertiary/aromatic N) is 1. The number of nitrogens with two attached hydrogens (primary N) is 1. The van der Waals surface area contributed by atoms with Crippen molar-refractivity contribution in [2.75, 3.05) is 13.2 Å². The summed E-state index contributed by atoms with van der Waals surface area (Å²) in [6, 6.07) is 7.48. The number of hydrogen-bond donors (Lipinski definition) is 1. The predicted molar refractivity (Wildman–Crippen MR) is 98.3 cm³/mol. The molecule has 8 heteroatoms. The summed E-state index contributed by atoms with van der Waals surface area (Å²) in [6.45, 7) is -0.310. The number of amides is 1. The van der Waals surface area contributed by atoms with Crippen LogP contribution in [-0.2, 0) is 16.0 Å². The van der Waals surface area contributed by atoms with Gasteiger partial charge in [0.1, 0.15) is 17.7 Å². The standard InChI is InChI=1S/C21H20F4N2O2/c22-15-8-14(9-16(23)10-15)13-3-1-2-12(6-13)7-17-19(26)21(24,25)11-27(17)20(28)18-4-5-29-18/h1-3,6,8-10,17-19H,4-5,7,11,26H2/t17-,18?,19+/m0/s1. The van der Waals surface area contributed by atoms with Crippen LogP contribution in [0.2, 0.25) is 0 Å². The highest BCUT2D eigenvalue weighted by Gasteiger charge is 2.55. The van der Waals surface area contributed by atoms with Crippen LogP contribution in [0.3, 0.4) is 0 Å². The second kappa shape index (κ2) is 7.42. The molecule has 0 spiro atoms. The van der Waals surface area contributed by atoms with Crippen LogP contribution < -0.4 is 5.73 Å². The average molecular weight is 408 g/mol. The Labute approximate surface area is 165 Å². The van der Waals surface area contributed by atoms with Crippen molar-refractivity contribution in [2.24, 2.45) is 5.73 Å². The molecule has 2 aromatic rings. The third-order valence-electron chi connectivity index (χ3n) is 5.51. The zero-order chi connectivity index (χ0) is 20.8. The van der Waals surface area contributed by atoms with E-state index in [0.29, 0.717) is 29.7 Å². The molecular weight excluding hydrogens is 388 g/mol. The fourth-order valence-corrected chi connectivity index (χ4v) is 3.86. The van der Waals surface area contributed by atoms with Gasteiger partial charge in [-0.1, -0.05) is 24.3 Å². The lowest BCUT2D eigenvalue weighted by molar-refractivity contribution is -0.158. The summed E-state index contributed by atoms with van der Waals surface area (Å²) in [5.41, 5.74) is 7.31. The molecule has 2 heterocycles. The van der Waals surface area contributed by atoms with Crippen molar-refractivity contribution in [3.63, 3.8) is 0 Å². The summed E-state index contributed by atoms with van der Waals surface area (Å²) in [7, 11) is 0. The predicted octanol–water partition coefficient (Wildman–Crippen LogP) is 3.14. The van der Waals surface area contributed by atoms with Crippen LogP contribution in [0, 0.1) is 11.6 Å². The summed E-state index contributed by atoms with van der Waals surface area (Å²) in [5.74, 6) is -5.09. The zero-order valence-electron chi connectivity index (χ0n) is 15.5. The molecule has 1 amide bonds. The highest BCUT2D eigenvalue weighted by Crippen LogP contribution is 2.35. The van der Waals surface area contributed by atoms with Gasteiger partial charge in [-0.15, -0.1) is 0 Å². The van der Waals surface area contributed by atoms with Crippen molar-refractivity contribution in [3.8, 4) is 11.1 Å². The molecule has 2 fully saturated rings. The van der Waals surface area contributed by atoms with E-state index in [1.165, 1.54) is 12.1 Å². The van der Waals surface area contributed by atoms with Crippen LogP contribution in [0.1, 0.15) is 12.0 Å². The third kappa shape index (κ3) is 3.86. The first-order chi connectivity index (χ1) is 13.7. The number of carbonyl (C=O) groups is 1. The van der Waals surface area contributed by atoms with Gasteiger partial charge in [-0.25, -0.2) is 17.6 Å². The maximum absolute atomic E-state index is 14.3.